The summed E-state index contributed by atoms with van der Waals surface area (Å²) in [5.41, 5.74) is 2.13. The molecule has 0 saturated heterocycles. The Balaban J connectivity index is 1.43. The van der Waals surface area contributed by atoms with E-state index in [0.717, 1.165) is 24.0 Å². The van der Waals surface area contributed by atoms with Gasteiger partial charge in [-0.1, -0.05) is 37.1 Å². The number of carboxylic acid groups (broad SMARTS) is 1. The third-order valence-corrected chi connectivity index (χ3v) is 8.67. The van der Waals surface area contributed by atoms with E-state index in [4.69, 9.17) is 19.6 Å². The van der Waals surface area contributed by atoms with Crippen LogP contribution in [0, 0.1) is 11.6 Å². The lowest BCUT2D eigenvalue weighted by Crippen LogP contribution is -2.43. The molecular formula is C36H37F2N5O5. The van der Waals surface area contributed by atoms with Crippen LogP contribution in [0.15, 0.2) is 60.8 Å². The molecule has 3 heterocycles. The molecule has 2 aromatic heterocycles. The molecule has 1 aliphatic rings. The average Bonchev–Trinajstić information content (AvgIpc) is 3.66. The van der Waals surface area contributed by atoms with E-state index in [2.05, 4.69) is 10.3 Å². The quantitative estimate of drug-likeness (QED) is 0.180. The van der Waals surface area contributed by atoms with Gasteiger partial charge in [0.25, 0.3) is 0 Å². The SMILES string of the molecule is Cn1nc2nc1-c1cc(ccc1F)Oc1c(F)cc3[nH]ccc3c1COC(=O)NC(C)(C)CCCCC2c1cccc(CCC(=O)O)c1. The number of carboxylic acids is 1. The number of cyclic esters (lactones) is 1. The molecule has 0 spiro atoms. The van der Waals surface area contributed by atoms with E-state index >= 15 is 8.78 Å². The zero-order valence-corrected chi connectivity index (χ0v) is 27.0. The summed E-state index contributed by atoms with van der Waals surface area (Å²) in [5, 5.41) is 17.5. The monoisotopic (exact) mass is 657 g/mol. The van der Waals surface area contributed by atoms with Crippen LogP contribution in [0.25, 0.3) is 22.3 Å². The first-order chi connectivity index (χ1) is 23.0. The number of aliphatic carboxylic acids is 1. The van der Waals surface area contributed by atoms with Crippen molar-refractivity contribution in [2.75, 3.05) is 0 Å². The highest BCUT2D eigenvalue weighted by Crippen LogP contribution is 2.37. The number of nitrogens with zero attached hydrogens (tertiary/aromatic N) is 3. The maximum Gasteiger partial charge on any atom is 0.407 e. The summed E-state index contributed by atoms with van der Waals surface area (Å²) in [7, 11) is 1.69. The van der Waals surface area contributed by atoms with Gasteiger partial charge in [0.05, 0.1) is 5.56 Å². The highest BCUT2D eigenvalue weighted by molar-refractivity contribution is 5.86. The van der Waals surface area contributed by atoms with Crippen LogP contribution in [-0.2, 0) is 29.6 Å². The summed E-state index contributed by atoms with van der Waals surface area (Å²) in [5.74, 6) is -1.64. The van der Waals surface area contributed by atoms with Gasteiger partial charge in [-0.25, -0.2) is 23.2 Å². The third kappa shape index (κ3) is 7.17. The molecule has 12 heteroatoms. The molecule has 0 radical (unpaired) electrons. The molecule has 1 atom stereocenters. The summed E-state index contributed by atoms with van der Waals surface area (Å²) < 4.78 is 44.2. The fourth-order valence-corrected chi connectivity index (χ4v) is 6.21. The molecule has 250 valence electrons. The number of fused-ring (bicyclic) bond motifs is 8. The van der Waals surface area contributed by atoms with Crippen molar-refractivity contribution in [3.05, 3.63) is 94.9 Å². The number of carbonyl (C=O) groups excluding carboxylic acids is 1. The van der Waals surface area contributed by atoms with E-state index < -0.39 is 29.2 Å². The van der Waals surface area contributed by atoms with Gasteiger partial charge in [-0.2, -0.15) is 5.10 Å². The topological polar surface area (TPSA) is 131 Å². The fourth-order valence-electron chi connectivity index (χ4n) is 6.21. The second-order valence-corrected chi connectivity index (χ2v) is 12.8. The largest absolute Gasteiger partial charge is 0.481 e. The molecule has 3 aromatic carbocycles. The van der Waals surface area contributed by atoms with Crippen LogP contribution in [0.5, 0.6) is 11.5 Å². The summed E-state index contributed by atoms with van der Waals surface area (Å²) in [6, 6.07) is 14.8. The van der Waals surface area contributed by atoms with Crippen molar-refractivity contribution in [2.45, 2.75) is 70.4 Å². The highest BCUT2D eigenvalue weighted by atomic mass is 19.1. The number of hydrogen-bond donors (Lipinski definition) is 3. The molecule has 5 aromatic rings. The number of amides is 1. The van der Waals surface area contributed by atoms with Crippen molar-refractivity contribution in [1.82, 2.24) is 25.1 Å². The summed E-state index contributed by atoms with van der Waals surface area (Å²) in [4.78, 5) is 32.0. The number of alkyl carbamates (subject to hydrolysis) is 1. The Labute approximate surface area is 276 Å². The number of benzene rings is 3. The molecule has 6 rings (SSSR count). The van der Waals surface area contributed by atoms with Gasteiger partial charge in [0.15, 0.2) is 23.2 Å². The lowest BCUT2D eigenvalue weighted by atomic mass is 9.89. The number of ether oxygens (including phenoxy) is 2. The Morgan fingerprint density at radius 3 is 2.75 bits per heavy atom. The van der Waals surface area contributed by atoms with Gasteiger partial charge in [0.2, 0.25) is 0 Å². The molecule has 48 heavy (non-hydrogen) atoms. The third-order valence-electron chi connectivity index (χ3n) is 8.67. The van der Waals surface area contributed by atoms with Gasteiger partial charge in [-0.05, 0) is 68.5 Å². The number of halogens is 2. The molecular weight excluding hydrogens is 620 g/mol. The van der Waals surface area contributed by atoms with Crippen molar-refractivity contribution >= 4 is 23.0 Å². The number of rotatable bonds is 4. The lowest BCUT2D eigenvalue weighted by Gasteiger charge is -2.26. The number of hydrogen-bond acceptors (Lipinski definition) is 6. The molecule has 1 amide bonds. The normalized spacial score (nSPS) is 16.9. The lowest BCUT2D eigenvalue weighted by molar-refractivity contribution is -0.136. The Morgan fingerprint density at radius 2 is 1.94 bits per heavy atom. The second-order valence-electron chi connectivity index (χ2n) is 12.8. The molecule has 0 aliphatic carbocycles. The Morgan fingerprint density at radius 1 is 1.10 bits per heavy atom. The van der Waals surface area contributed by atoms with Crippen molar-refractivity contribution in [1.29, 1.82) is 0 Å². The van der Waals surface area contributed by atoms with Crippen LogP contribution in [0.4, 0.5) is 13.6 Å². The second kappa shape index (κ2) is 13.5. The zero-order valence-electron chi connectivity index (χ0n) is 27.0. The van der Waals surface area contributed by atoms with Gasteiger partial charge < -0.3 is 24.9 Å². The molecule has 1 unspecified atom stereocenters. The van der Waals surface area contributed by atoms with Crippen molar-refractivity contribution in [3.8, 4) is 22.9 Å². The van der Waals surface area contributed by atoms with Crippen molar-refractivity contribution in [2.24, 2.45) is 7.05 Å². The van der Waals surface area contributed by atoms with Crippen LogP contribution in [-0.4, -0.2) is 42.5 Å². The van der Waals surface area contributed by atoms with E-state index in [9.17, 15) is 14.7 Å². The first-order valence-electron chi connectivity index (χ1n) is 15.9. The Bertz CT molecular complexity index is 1980. The minimum Gasteiger partial charge on any atom is -0.481 e. The maximum atomic E-state index is 15.6. The van der Waals surface area contributed by atoms with Gasteiger partial charge in [0, 0.05) is 53.7 Å². The van der Waals surface area contributed by atoms with Crippen molar-refractivity contribution < 1.29 is 33.0 Å². The first kappa shape index (κ1) is 32.7. The van der Waals surface area contributed by atoms with E-state index in [0.29, 0.717) is 41.6 Å². The summed E-state index contributed by atoms with van der Waals surface area (Å²) in [6.07, 6.45) is 4.20. The summed E-state index contributed by atoms with van der Waals surface area (Å²) >= 11 is 0. The minimum absolute atomic E-state index is 0.00670. The molecule has 0 saturated carbocycles. The van der Waals surface area contributed by atoms with Crippen LogP contribution in [0.3, 0.4) is 0 Å². The smallest absolute Gasteiger partial charge is 0.407 e. The van der Waals surface area contributed by atoms with Gasteiger partial charge in [-0.3, -0.25) is 4.79 Å². The van der Waals surface area contributed by atoms with Crippen molar-refractivity contribution in [3.63, 3.8) is 0 Å². The van der Waals surface area contributed by atoms with E-state index in [1.807, 2.05) is 38.1 Å². The number of carbonyl (C=O) groups is 2. The summed E-state index contributed by atoms with van der Waals surface area (Å²) in [6.45, 7) is 3.56. The standard InChI is InChI=1S/C36H37F2N5O5/c1-36(2)15-5-4-9-24(22-8-6-7-21(17-22)10-13-31(44)45)33-40-34(43(3)42-33)26-18-23(11-12-28(26)37)48-32-27(20-47-35(46)41-36)25-14-16-39-30(25)19-29(32)38/h6-8,11-12,14,16-19,24,39H,4-5,9-10,13,15,20H2,1-3H3,(H,41,46)(H,44,45). The number of H-pyrrole nitrogens is 1. The van der Waals surface area contributed by atoms with Gasteiger partial charge in [-0.15, -0.1) is 0 Å². The van der Waals surface area contributed by atoms with Crippen LogP contribution < -0.4 is 10.1 Å². The highest BCUT2D eigenvalue weighted by Gasteiger charge is 2.26. The average molecular weight is 658 g/mol. The Hall–Kier alpha value is -5.26. The van der Waals surface area contributed by atoms with E-state index in [-0.39, 0.29) is 41.8 Å². The predicted octanol–water partition coefficient (Wildman–Crippen LogP) is 7.76. The molecule has 10 nitrogen and oxygen atoms in total. The predicted molar refractivity (Wildman–Crippen MR) is 175 cm³/mol. The van der Waals surface area contributed by atoms with Crippen LogP contribution >= 0.6 is 0 Å². The first-order valence-corrected chi connectivity index (χ1v) is 15.9. The number of nitrogens with one attached hydrogen (secondary N) is 2. The molecule has 3 N–H and O–H groups in total. The molecule has 4 bridgehead atoms. The fraction of sp³-hybridized carbons (Fsp3) is 0.333. The van der Waals surface area contributed by atoms with E-state index in [1.165, 1.54) is 28.9 Å². The maximum absolute atomic E-state index is 15.6. The van der Waals surface area contributed by atoms with Crippen LogP contribution in [0.2, 0.25) is 0 Å². The van der Waals surface area contributed by atoms with Crippen LogP contribution in [0.1, 0.15) is 74.4 Å². The number of aryl methyl sites for hydroxylation is 2. The van der Waals surface area contributed by atoms with Gasteiger partial charge in [0.1, 0.15) is 18.2 Å². The molecule has 0 fully saturated rings. The minimum atomic E-state index is -0.874. The Kier molecular flexibility index (Phi) is 9.16. The zero-order chi connectivity index (χ0) is 34.0. The number of aromatic nitrogens is 4. The number of aromatic amines is 1. The van der Waals surface area contributed by atoms with Gasteiger partial charge >= 0.3 is 12.1 Å². The van der Waals surface area contributed by atoms with E-state index in [1.54, 1.807) is 19.3 Å². The molecule has 1 aliphatic heterocycles.